The average molecular weight is 461 g/mol. The Hall–Kier alpha value is -1.53. The lowest BCUT2D eigenvalue weighted by atomic mass is 9.46. The maximum Gasteiger partial charge on any atom is 0.303 e. The zero-order valence-electron chi connectivity index (χ0n) is 20.9. The first-order valence-electron chi connectivity index (χ1n) is 12.7. The zero-order valence-corrected chi connectivity index (χ0v) is 20.9. The molecule has 0 unspecified atom stereocenters. The monoisotopic (exact) mass is 460 g/mol. The van der Waals surface area contributed by atoms with Crippen molar-refractivity contribution >= 4 is 17.5 Å². The number of allylic oxidation sites excluding steroid dienone is 1. The normalized spacial score (nSPS) is 40.0. The summed E-state index contributed by atoms with van der Waals surface area (Å²) in [5.41, 5.74) is 0.119. The van der Waals surface area contributed by atoms with E-state index in [0.29, 0.717) is 30.6 Å². The number of hydrogen-bond donors (Lipinski definition) is 0. The topological polar surface area (TPSA) is 78.9 Å². The van der Waals surface area contributed by atoms with Crippen LogP contribution in [0.15, 0.2) is 11.6 Å². The second-order valence-corrected chi connectivity index (χ2v) is 11.5. The number of rotatable bonds is 7. The highest BCUT2D eigenvalue weighted by atomic mass is 16.7. The largest absolute Gasteiger partial charge is 0.458 e. The van der Waals surface area contributed by atoms with Crippen LogP contribution >= 0.6 is 0 Å². The molecule has 0 amide bonds. The van der Waals surface area contributed by atoms with Gasteiger partial charge in [-0.3, -0.25) is 14.4 Å². The van der Waals surface area contributed by atoms with E-state index in [2.05, 4.69) is 13.8 Å². The zero-order chi connectivity index (χ0) is 24.0. The molecule has 3 fully saturated rings. The van der Waals surface area contributed by atoms with Gasteiger partial charge in [-0.2, -0.15) is 0 Å². The van der Waals surface area contributed by atoms with Gasteiger partial charge in [0.15, 0.2) is 12.4 Å². The number of Topliss-reactive ketones (excluding diaryl/α,β-unsaturated/α-hetero) is 1. The van der Waals surface area contributed by atoms with Crippen LogP contribution in [-0.4, -0.2) is 42.6 Å². The Morgan fingerprint density at radius 3 is 2.48 bits per heavy atom. The molecule has 0 aliphatic heterocycles. The van der Waals surface area contributed by atoms with Crippen LogP contribution in [0.1, 0.15) is 86.0 Å². The molecular formula is C27H40O6. The van der Waals surface area contributed by atoms with Crippen molar-refractivity contribution in [2.75, 3.05) is 13.4 Å². The molecule has 0 aromatic carbocycles. The minimum absolute atomic E-state index is 0.00359. The SMILES string of the molecule is CC(=O)OCC(=O)[C@@]1(OCOC(C)C)CC[C@H]2[C@@H]3CCC4=CC(=O)CC[C@]4(C)[C@H]3CC[C@@]21C. The molecule has 3 saturated carbocycles. The molecule has 4 rings (SSSR count). The number of ketones is 2. The van der Waals surface area contributed by atoms with E-state index in [1.165, 1.54) is 12.5 Å². The van der Waals surface area contributed by atoms with Crippen LogP contribution in [0.5, 0.6) is 0 Å². The van der Waals surface area contributed by atoms with Crippen LogP contribution in [0, 0.1) is 28.6 Å². The third-order valence-electron chi connectivity index (χ3n) is 9.65. The Morgan fingerprint density at radius 1 is 1.06 bits per heavy atom. The van der Waals surface area contributed by atoms with E-state index >= 15 is 0 Å². The quantitative estimate of drug-likeness (QED) is 0.402. The van der Waals surface area contributed by atoms with Gasteiger partial charge in [-0.1, -0.05) is 19.4 Å². The van der Waals surface area contributed by atoms with E-state index in [9.17, 15) is 14.4 Å². The minimum Gasteiger partial charge on any atom is -0.458 e. The van der Waals surface area contributed by atoms with Gasteiger partial charge in [0.05, 0.1) is 6.10 Å². The summed E-state index contributed by atoms with van der Waals surface area (Å²) in [6, 6.07) is 0. The highest BCUT2D eigenvalue weighted by Gasteiger charge is 2.67. The Kier molecular flexibility index (Phi) is 6.65. The van der Waals surface area contributed by atoms with E-state index in [1.54, 1.807) is 0 Å². The Balaban J connectivity index is 1.63. The first-order chi connectivity index (χ1) is 15.5. The molecule has 0 spiro atoms. The summed E-state index contributed by atoms with van der Waals surface area (Å²) in [4.78, 5) is 37.1. The fraction of sp³-hybridized carbons (Fsp3) is 0.815. The maximum absolute atomic E-state index is 13.6. The number of ether oxygens (including phenoxy) is 3. The molecule has 0 radical (unpaired) electrons. The van der Waals surface area contributed by atoms with Crippen molar-refractivity contribution in [3.05, 3.63) is 11.6 Å². The highest BCUT2D eigenvalue weighted by molar-refractivity contribution is 5.92. The predicted molar refractivity (Wildman–Crippen MR) is 123 cm³/mol. The molecule has 4 aliphatic carbocycles. The molecular weight excluding hydrogens is 420 g/mol. The molecule has 0 aromatic heterocycles. The smallest absolute Gasteiger partial charge is 0.303 e. The van der Waals surface area contributed by atoms with Crippen molar-refractivity contribution in [1.82, 2.24) is 0 Å². The first-order valence-corrected chi connectivity index (χ1v) is 12.7. The van der Waals surface area contributed by atoms with Gasteiger partial charge in [-0.25, -0.2) is 0 Å². The number of carbonyl (C=O) groups is 3. The van der Waals surface area contributed by atoms with Crippen molar-refractivity contribution in [2.45, 2.75) is 97.7 Å². The Bertz CT molecular complexity index is 846. The van der Waals surface area contributed by atoms with E-state index in [0.717, 1.165) is 38.5 Å². The third-order valence-corrected chi connectivity index (χ3v) is 9.65. The van der Waals surface area contributed by atoms with Crippen molar-refractivity contribution in [3.63, 3.8) is 0 Å². The molecule has 0 heterocycles. The van der Waals surface area contributed by atoms with Crippen LogP contribution in [-0.2, 0) is 28.6 Å². The molecule has 0 saturated heterocycles. The summed E-state index contributed by atoms with van der Waals surface area (Å²) in [7, 11) is 0. The van der Waals surface area contributed by atoms with Crippen LogP contribution in [0.3, 0.4) is 0 Å². The number of hydrogen-bond acceptors (Lipinski definition) is 6. The van der Waals surface area contributed by atoms with Gasteiger partial charge in [0.1, 0.15) is 12.4 Å². The van der Waals surface area contributed by atoms with Gasteiger partial charge < -0.3 is 14.2 Å². The first kappa shape index (κ1) is 24.6. The summed E-state index contributed by atoms with van der Waals surface area (Å²) in [6.45, 7) is 9.63. The molecule has 4 aliphatic rings. The lowest BCUT2D eigenvalue weighted by Gasteiger charge is -2.59. The Morgan fingerprint density at radius 2 is 1.79 bits per heavy atom. The highest BCUT2D eigenvalue weighted by Crippen LogP contribution is 2.68. The Labute approximate surface area is 197 Å². The van der Waals surface area contributed by atoms with E-state index in [4.69, 9.17) is 14.2 Å². The standard InChI is InChI=1S/C27H40O6/c1-17(2)32-16-33-27(24(30)15-31-18(3)28)13-10-23-21-7-6-19-14-20(29)8-11-25(19,4)22(21)9-12-26(23,27)5/h14,17,21-23H,6-13,15-16H2,1-5H3/t21-,22+,23+,25+,26+,27+/m1/s1. The molecule has 6 atom stereocenters. The minimum atomic E-state index is -0.994. The van der Waals surface area contributed by atoms with Gasteiger partial charge >= 0.3 is 5.97 Å². The maximum atomic E-state index is 13.6. The van der Waals surface area contributed by atoms with Crippen LogP contribution in [0.4, 0.5) is 0 Å². The van der Waals surface area contributed by atoms with Crippen LogP contribution < -0.4 is 0 Å². The molecule has 0 bridgehead atoms. The van der Waals surface area contributed by atoms with Gasteiger partial charge in [0.25, 0.3) is 0 Å². The number of fused-ring (bicyclic) bond motifs is 5. The predicted octanol–water partition coefficient (Wildman–Crippen LogP) is 4.79. The van der Waals surface area contributed by atoms with Crippen LogP contribution in [0.2, 0.25) is 0 Å². The molecule has 0 N–H and O–H groups in total. The third kappa shape index (κ3) is 4.01. The molecule has 33 heavy (non-hydrogen) atoms. The van der Waals surface area contributed by atoms with Gasteiger partial charge in [0, 0.05) is 18.8 Å². The number of carbonyl (C=O) groups excluding carboxylic acids is 3. The lowest BCUT2D eigenvalue weighted by molar-refractivity contribution is -0.213. The summed E-state index contributed by atoms with van der Waals surface area (Å²) >= 11 is 0. The summed E-state index contributed by atoms with van der Waals surface area (Å²) < 4.78 is 17.2. The fourth-order valence-corrected chi connectivity index (χ4v) is 7.89. The summed E-state index contributed by atoms with van der Waals surface area (Å²) in [5, 5.41) is 0. The summed E-state index contributed by atoms with van der Waals surface area (Å²) in [5.74, 6) is 1.10. The molecule has 6 nitrogen and oxygen atoms in total. The lowest BCUT2D eigenvalue weighted by Crippen LogP contribution is -2.59. The van der Waals surface area contributed by atoms with E-state index in [1.807, 2.05) is 19.9 Å². The number of esters is 1. The van der Waals surface area contributed by atoms with Crippen molar-refractivity contribution in [2.24, 2.45) is 28.6 Å². The van der Waals surface area contributed by atoms with Gasteiger partial charge in [-0.05, 0) is 88.0 Å². The van der Waals surface area contributed by atoms with Crippen molar-refractivity contribution < 1.29 is 28.6 Å². The molecule has 0 aromatic rings. The van der Waals surface area contributed by atoms with E-state index in [-0.39, 0.29) is 41.9 Å². The van der Waals surface area contributed by atoms with Crippen LogP contribution in [0.25, 0.3) is 0 Å². The van der Waals surface area contributed by atoms with Gasteiger partial charge in [-0.15, -0.1) is 0 Å². The van der Waals surface area contributed by atoms with Gasteiger partial charge in [0.2, 0.25) is 5.78 Å². The van der Waals surface area contributed by atoms with Crippen molar-refractivity contribution in [3.8, 4) is 0 Å². The second-order valence-electron chi connectivity index (χ2n) is 11.5. The second kappa shape index (κ2) is 8.92. The molecule has 184 valence electrons. The average Bonchev–Trinajstić information content (AvgIpc) is 3.05. The summed E-state index contributed by atoms with van der Waals surface area (Å²) in [6.07, 6.45) is 9.04. The fourth-order valence-electron chi connectivity index (χ4n) is 7.89. The van der Waals surface area contributed by atoms with Crippen molar-refractivity contribution in [1.29, 1.82) is 0 Å². The molecule has 6 heteroatoms. The van der Waals surface area contributed by atoms with E-state index < -0.39 is 11.6 Å².